The largest absolute Gasteiger partial charge is 0.377 e. The summed E-state index contributed by atoms with van der Waals surface area (Å²) in [5, 5.41) is 0. The highest BCUT2D eigenvalue weighted by atomic mass is 16.5. The first-order valence-electron chi connectivity index (χ1n) is 13.4. The van der Waals surface area contributed by atoms with Gasteiger partial charge in [0, 0.05) is 25.2 Å². The van der Waals surface area contributed by atoms with E-state index in [1.165, 1.54) is 22.3 Å². The van der Waals surface area contributed by atoms with Crippen molar-refractivity contribution in [2.24, 2.45) is 5.92 Å². The van der Waals surface area contributed by atoms with Crippen LogP contribution in [-0.4, -0.2) is 23.7 Å². The summed E-state index contributed by atoms with van der Waals surface area (Å²) in [7, 11) is 0. The minimum atomic E-state index is 0.0105. The smallest absolute Gasteiger partial charge is 0.0717 e. The number of rotatable bonds is 14. The molecule has 190 valence electrons. The standard InChI is InChI=1S/C34H37NO2/c1-5-13-29(14-6-1)24-35(25-30-15-7-2-8-16-30)34(28-37-27-32-19-11-4-12-20-32)23-33(34)21-22-36-26-31-17-9-3-10-18-31/h1-20,33H,21-28H2/t33-,34+/m1/s1. The molecule has 5 rings (SSSR count). The third-order valence-corrected chi connectivity index (χ3v) is 7.45. The number of benzene rings is 4. The van der Waals surface area contributed by atoms with Crippen molar-refractivity contribution in [1.82, 2.24) is 4.90 Å². The molecule has 1 saturated carbocycles. The van der Waals surface area contributed by atoms with Crippen molar-refractivity contribution in [3.05, 3.63) is 144 Å². The van der Waals surface area contributed by atoms with E-state index in [2.05, 4.69) is 120 Å². The van der Waals surface area contributed by atoms with Gasteiger partial charge in [-0.05, 0) is 41.0 Å². The van der Waals surface area contributed by atoms with Gasteiger partial charge < -0.3 is 9.47 Å². The molecule has 0 aromatic heterocycles. The lowest BCUT2D eigenvalue weighted by molar-refractivity contribution is 0.0174. The molecule has 2 atom stereocenters. The summed E-state index contributed by atoms with van der Waals surface area (Å²) >= 11 is 0. The maximum absolute atomic E-state index is 6.43. The minimum Gasteiger partial charge on any atom is -0.377 e. The van der Waals surface area contributed by atoms with Crippen molar-refractivity contribution in [1.29, 1.82) is 0 Å². The van der Waals surface area contributed by atoms with Crippen LogP contribution in [-0.2, 0) is 35.8 Å². The van der Waals surface area contributed by atoms with E-state index in [0.29, 0.717) is 19.1 Å². The summed E-state index contributed by atoms with van der Waals surface area (Å²) in [6.07, 6.45) is 2.18. The van der Waals surface area contributed by atoms with Gasteiger partial charge in [0.1, 0.15) is 0 Å². The Morgan fingerprint density at radius 2 is 1.00 bits per heavy atom. The third kappa shape index (κ3) is 7.17. The quantitative estimate of drug-likeness (QED) is 0.173. The van der Waals surface area contributed by atoms with Gasteiger partial charge in [0.2, 0.25) is 0 Å². The highest BCUT2D eigenvalue weighted by Gasteiger charge is 2.57. The molecule has 3 heteroatoms. The van der Waals surface area contributed by atoms with Crippen LogP contribution in [0, 0.1) is 5.92 Å². The fourth-order valence-corrected chi connectivity index (χ4v) is 5.28. The number of hydrogen-bond acceptors (Lipinski definition) is 3. The second kappa shape index (κ2) is 12.8. The normalized spacial score (nSPS) is 18.7. The van der Waals surface area contributed by atoms with Crippen molar-refractivity contribution < 1.29 is 9.47 Å². The molecule has 1 aliphatic carbocycles. The van der Waals surface area contributed by atoms with Crippen molar-refractivity contribution in [2.45, 2.75) is 44.7 Å². The zero-order valence-corrected chi connectivity index (χ0v) is 21.5. The first-order chi connectivity index (χ1) is 18.3. The van der Waals surface area contributed by atoms with Crippen molar-refractivity contribution in [3.63, 3.8) is 0 Å². The van der Waals surface area contributed by atoms with Crippen LogP contribution in [0.1, 0.15) is 35.1 Å². The Bertz CT molecular complexity index is 1140. The molecule has 1 fully saturated rings. The van der Waals surface area contributed by atoms with Gasteiger partial charge in [-0.3, -0.25) is 4.90 Å². The Morgan fingerprint density at radius 1 is 0.568 bits per heavy atom. The Hall–Kier alpha value is -3.24. The average Bonchev–Trinajstić information content (AvgIpc) is 3.67. The molecule has 3 nitrogen and oxygen atoms in total. The molecule has 1 aliphatic rings. The van der Waals surface area contributed by atoms with E-state index in [9.17, 15) is 0 Å². The maximum atomic E-state index is 6.43. The molecule has 37 heavy (non-hydrogen) atoms. The first kappa shape index (κ1) is 25.4. The van der Waals surface area contributed by atoms with E-state index in [1.807, 2.05) is 6.07 Å². The molecule has 0 saturated heterocycles. The SMILES string of the molecule is c1ccc(COCC[C@@H]2C[C@@]2(COCc2ccccc2)N(Cc2ccccc2)Cc2ccccc2)cc1. The summed E-state index contributed by atoms with van der Waals surface area (Å²) in [4.78, 5) is 2.66. The molecular weight excluding hydrogens is 454 g/mol. The molecule has 0 bridgehead atoms. The monoisotopic (exact) mass is 491 g/mol. The van der Waals surface area contributed by atoms with Crippen LogP contribution in [0.15, 0.2) is 121 Å². The zero-order valence-electron chi connectivity index (χ0n) is 21.5. The Kier molecular flexibility index (Phi) is 8.81. The van der Waals surface area contributed by atoms with Crippen LogP contribution in [0.4, 0.5) is 0 Å². The molecule has 0 N–H and O–H groups in total. The molecule has 0 aliphatic heterocycles. The fourth-order valence-electron chi connectivity index (χ4n) is 5.28. The topological polar surface area (TPSA) is 21.7 Å². The Morgan fingerprint density at radius 3 is 1.49 bits per heavy atom. The van der Waals surface area contributed by atoms with Crippen LogP contribution < -0.4 is 0 Å². The van der Waals surface area contributed by atoms with Gasteiger partial charge in [-0.1, -0.05) is 121 Å². The molecule has 0 radical (unpaired) electrons. The van der Waals surface area contributed by atoms with Gasteiger partial charge in [0.05, 0.1) is 19.8 Å². The van der Waals surface area contributed by atoms with Crippen LogP contribution >= 0.6 is 0 Å². The van der Waals surface area contributed by atoms with Gasteiger partial charge in [-0.25, -0.2) is 0 Å². The Labute approximate surface area is 221 Å². The zero-order chi connectivity index (χ0) is 25.2. The van der Waals surface area contributed by atoms with Crippen LogP contribution in [0.3, 0.4) is 0 Å². The summed E-state index contributed by atoms with van der Waals surface area (Å²) in [6, 6.07) is 42.6. The highest BCUT2D eigenvalue weighted by molar-refractivity contribution is 5.22. The highest BCUT2D eigenvalue weighted by Crippen LogP contribution is 2.52. The van der Waals surface area contributed by atoms with Gasteiger partial charge in [0.15, 0.2) is 0 Å². The molecular formula is C34H37NO2. The number of hydrogen-bond donors (Lipinski definition) is 0. The van der Waals surface area contributed by atoms with Crippen molar-refractivity contribution in [2.75, 3.05) is 13.2 Å². The van der Waals surface area contributed by atoms with E-state index in [0.717, 1.165) is 39.1 Å². The lowest BCUT2D eigenvalue weighted by Crippen LogP contribution is -2.42. The van der Waals surface area contributed by atoms with Gasteiger partial charge >= 0.3 is 0 Å². The maximum Gasteiger partial charge on any atom is 0.0717 e. The van der Waals surface area contributed by atoms with Crippen molar-refractivity contribution >= 4 is 0 Å². The molecule has 0 amide bonds. The van der Waals surface area contributed by atoms with E-state index >= 15 is 0 Å². The average molecular weight is 492 g/mol. The number of nitrogens with zero attached hydrogens (tertiary/aromatic N) is 1. The second-order valence-corrected chi connectivity index (χ2v) is 10.1. The fraction of sp³-hybridized carbons (Fsp3) is 0.294. The summed E-state index contributed by atoms with van der Waals surface area (Å²) in [5.41, 5.74) is 5.14. The predicted octanol–water partition coefficient (Wildman–Crippen LogP) is 7.27. The number of ether oxygens (including phenoxy) is 2. The minimum absolute atomic E-state index is 0.0105. The molecule has 0 heterocycles. The van der Waals surface area contributed by atoms with E-state index in [-0.39, 0.29) is 5.54 Å². The van der Waals surface area contributed by atoms with Gasteiger partial charge in [-0.2, -0.15) is 0 Å². The van der Waals surface area contributed by atoms with Gasteiger partial charge in [-0.15, -0.1) is 0 Å². The van der Waals surface area contributed by atoms with Crippen LogP contribution in [0.5, 0.6) is 0 Å². The molecule has 4 aromatic rings. The van der Waals surface area contributed by atoms with Gasteiger partial charge in [0.25, 0.3) is 0 Å². The third-order valence-electron chi connectivity index (χ3n) is 7.45. The lowest BCUT2D eigenvalue weighted by Gasteiger charge is -2.34. The van der Waals surface area contributed by atoms with Crippen LogP contribution in [0.2, 0.25) is 0 Å². The lowest BCUT2D eigenvalue weighted by atomic mass is 10.1. The van der Waals surface area contributed by atoms with E-state index < -0.39 is 0 Å². The second-order valence-electron chi connectivity index (χ2n) is 10.1. The molecule has 0 unspecified atom stereocenters. The van der Waals surface area contributed by atoms with Crippen LogP contribution in [0.25, 0.3) is 0 Å². The molecule has 0 spiro atoms. The first-order valence-corrected chi connectivity index (χ1v) is 13.4. The molecule has 4 aromatic carbocycles. The van der Waals surface area contributed by atoms with E-state index in [1.54, 1.807) is 0 Å². The van der Waals surface area contributed by atoms with E-state index in [4.69, 9.17) is 9.47 Å². The predicted molar refractivity (Wildman–Crippen MR) is 150 cm³/mol. The summed E-state index contributed by atoms with van der Waals surface area (Å²) in [5.74, 6) is 0.548. The summed E-state index contributed by atoms with van der Waals surface area (Å²) in [6.45, 7) is 4.63. The summed E-state index contributed by atoms with van der Waals surface area (Å²) < 4.78 is 12.5. The Balaban J connectivity index is 1.29. The van der Waals surface area contributed by atoms with Crippen molar-refractivity contribution in [3.8, 4) is 0 Å².